The van der Waals surface area contributed by atoms with Crippen molar-refractivity contribution in [1.29, 1.82) is 0 Å². The lowest BCUT2D eigenvalue weighted by molar-refractivity contribution is 0.0995. The fourth-order valence-electron chi connectivity index (χ4n) is 2.86. The summed E-state index contributed by atoms with van der Waals surface area (Å²) in [6, 6.07) is 18.5. The van der Waals surface area contributed by atoms with Gasteiger partial charge in [-0.3, -0.25) is 10.1 Å². The first kappa shape index (κ1) is 20.8. The molecule has 2 aromatic carbocycles. The Balaban J connectivity index is 1.43. The van der Waals surface area contributed by atoms with Crippen LogP contribution in [-0.4, -0.2) is 26.4 Å². The highest BCUT2D eigenvalue weighted by Crippen LogP contribution is 2.27. The van der Waals surface area contributed by atoms with Gasteiger partial charge in [0.05, 0.1) is 17.7 Å². The van der Waals surface area contributed by atoms with Crippen LogP contribution in [-0.2, 0) is 15.6 Å². The Morgan fingerprint density at radius 2 is 1.81 bits per heavy atom. The Labute approximate surface area is 183 Å². The molecule has 0 aliphatic rings. The Kier molecular flexibility index (Phi) is 5.88. The Morgan fingerprint density at radius 3 is 2.52 bits per heavy atom. The van der Waals surface area contributed by atoms with Crippen LogP contribution in [0.1, 0.15) is 16.3 Å². The molecule has 9 heteroatoms. The lowest BCUT2D eigenvalue weighted by Crippen LogP contribution is -2.10. The number of benzene rings is 2. The number of carbonyl (C=O) groups is 1. The topological polar surface area (TPSA) is 98.5 Å². The fraction of sp³-hybridized carbons (Fsp3) is 0.0909. The molecule has 31 heavy (non-hydrogen) atoms. The molecular weight excluding hydrogens is 436 g/mol. The molecule has 4 rings (SSSR count). The minimum absolute atomic E-state index is 0.0134. The highest BCUT2D eigenvalue weighted by atomic mass is 32.2. The molecule has 0 aliphatic heterocycles. The molecule has 0 atom stereocenters. The van der Waals surface area contributed by atoms with Gasteiger partial charge < -0.3 is 9.15 Å². The molecule has 4 aromatic rings. The Bertz CT molecular complexity index is 1290. The molecule has 1 amide bonds. The van der Waals surface area contributed by atoms with Gasteiger partial charge >= 0.3 is 0 Å². The van der Waals surface area contributed by atoms with Gasteiger partial charge in [-0.25, -0.2) is 13.4 Å². The summed E-state index contributed by atoms with van der Waals surface area (Å²) < 4.78 is 35.6. The molecule has 0 spiro atoms. The molecule has 0 fully saturated rings. The zero-order valence-corrected chi connectivity index (χ0v) is 18.1. The zero-order valence-electron chi connectivity index (χ0n) is 16.4. The second-order valence-electron chi connectivity index (χ2n) is 6.56. The maximum absolute atomic E-state index is 12.5. The Morgan fingerprint density at radius 1 is 1.06 bits per heavy atom. The number of aromatic nitrogens is 1. The number of anilines is 1. The molecule has 2 aromatic heterocycles. The van der Waals surface area contributed by atoms with E-state index >= 15 is 0 Å². The Hall–Kier alpha value is -3.43. The molecule has 0 radical (unpaired) electrons. The molecule has 0 unspecified atom stereocenters. The van der Waals surface area contributed by atoms with E-state index in [1.165, 1.54) is 35.6 Å². The van der Waals surface area contributed by atoms with Crippen molar-refractivity contribution in [2.45, 2.75) is 10.6 Å². The van der Waals surface area contributed by atoms with E-state index in [0.717, 1.165) is 17.0 Å². The van der Waals surface area contributed by atoms with Crippen LogP contribution in [0.2, 0.25) is 0 Å². The number of methoxy groups -OCH3 is 1. The lowest BCUT2D eigenvalue weighted by atomic mass is 10.2. The lowest BCUT2D eigenvalue weighted by Gasteiger charge is -2.02. The number of carbonyl (C=O) groups excluding carboxylic acids is 1. The molecule has 1 N–H and O–H groups in total. The quantitative estimate of drug-likeness (QED) is 0.437. The van der Waals surface area contributed by atoms with Gasteiger partial charge in [0.2, 0.25) is 0 Å². The standard InChI is InChI=1S/C22H18N2O5S2/c1-28-16-9-7-15(8-10-16)19-13-30-22(23-19)24-21(25)20-12-11-17(29-20)14-31(26,27)18-5-3-2-4-6-18/h2-13H,14H2,1H3,(H,23,24,25). The summed E-state index contributed by atoms with van der Waals surface area (Å²) in [5.74, 6) is 0.115. The molecule has 0 aliphatic carbocycles. The number of sulfone groups is 1. The van der Waals surface area contributed by atoms with Crippen molar-refractivity contribution in [3.05, 3.63) is 83.6 Å². The molecule has 0 saturated heterocycles. The minimum atomic E-state index is -3.56. The van der Waals surface area contributed by atoms with Gasteiger partial charge in [-0.15, -0.1) is 11.3 Å². The van der Waals surface area contributed by atoms with E-state index in [1.807, 2.05) is 29.6 Å². The third-order valence-corrected chi connectivity index (χ3v) is 6.84. The largest absolute Gasteiger partial charge is 0.497 e. The summed E-state index contributed by atoms with van der Waals surface area (Å²) in [5, 5.41) is 4.92. The van der Waals surface area contributed by atoms with Crippen LogP contribution in [0.3, 0.4) is 0 Å². The van der Waals surface area contributed by atoms with Crippen molar-refractivity contribution in [1.82, 2.24) is 4.98 Å². The van der Waals surface area contributed by atoms with E-state index in [9.17, 15) is 13.2 Å². The van der Waals surface area contributed by atoms with Crippen molar-refractivity contribution >= 4 is 32.2 Å². The number of rotatable bonds is 7. The summed E-state index contributed by atoms with van der Waals surface area (Å²) in [7, 11) is -1.96. The van der Waals surface area contributed by atoms with Crippen LogP contribution in [0, 0.1) is 0 Å². The van der Waals surface area contributed by atoms with E-state index < -0.39 is 15.7 Å². The van der Waals surface area contributed by atoms with Crippen molar-refractivity contribution in [2.24, 2.45) is 0 Å². The van der Waals surface area contributed by atoms with Gasteiger partial charge in [0.15, 0.2) is 20.7 Å². The van der Waals surface area contributed by atoms with E-state index in [4.69, 9.17) is 9.15 Å². The summed E-state index contributed by atoms with van der Waals surface area (Å²) in [5.41, 5.74) is 1.61. The number of ether oxygens (including phenoxy) is 1. The fourth-order valence-corrected chi connectivity index (χ4v) is 4.84. The third-order valence-electron chi connectivity index (χ3n) is 4.43. The number of hydrogen-bond donors (Lipinski definition) is 1. The first-order valence-corrected chi connectivity index (χ1v) is 11.8. The number of thiazole rings is 1. The maximum Gasteiger partial charge on any atom is 0.293 e. The van der Waals surface area contributed by atoms with Crippen molar-refractivity contribution in [3.8, 4) is 17.0 Å². The second-order valence-corrected chi connectivity index (χ2v) is 9.41. The van der Waals surface area contributed by atoms with Crippen molar-refractivity contribution in [2.75, 3.05) is 12.4 Å². The predicted octanol–water partition coefficient (Wildman–Crippen LogP) is 4.64. The SMILES string of the molecule is COc1ccc(-c2csc(NC(=O)c3ccc(CS(=O)(=O)c4ccccc4)o3)n2)cc1. The average molecular weight is 455 g/mol. The molecular formula is C22H18N2O5S2. The van der Waals surface area contributed by atoms with Crippen LogP contribution in [0.25, 0.3) is 11.3 Å². The van der Waals surface area contributed by atoms with E-state index in [-0.39, 0.29) is 22.2 Å². The van der Waals surface area contributed by atoms with E-state index in [2.05, 4.69) is 10.3 Å². The average Bonchev–Trinajstić information content (AvgIpc) is 3.44. The highest BCUT2D eigenvalue weighted by Gasteiger charge is 2.19. The van der Waals surface area contributed by atoms with Gasteiger partial charge in [-0.2, -0.15) is 0 Å². The monoisotopic (exact) mass is 454 g/mol. The first-order valence-electron chi connectivity index (χ1n) is 9.22. The summed E-state index contributed by atoms with van der Waals surface area (Å²) in [6.07, 6.45) is 0. The number of furan rings is 1. The second kappa shape index (κ2) is 8.75. The van der Waals surface area contributed by atoms with E-state index in [1.54, 1.807) is 25.3 Å². The zero-order chi connectivity index (χ0) is 21.8. The van der Waals surface area contributed by atoms with Crippen LogP contribution in [0.5, 0.6) is 5.75 Å². The number of nitrogens with zero attached hydrogens (tertiary/aromatic N) is 1. The van der Waals surface area contributed by atoms with Gasteiger partial charge in [0, 0.05) is 10.9 Å². The van der Waals surface area contributed by atoms with Crippen molar-refractivity contribution in [3.63, 3.8) is 0 Å². The summed E-state index contributed by atoms with van der Waals surface area (Å²) >= 11 is 1.28. The van der Waals surface area contributed by atoms with E-state index in [0.29, 0.717) is 5.13 Å². The normalized spacial score (nSPS) is 11.3. The number of amides is 1. The summed E-state index contributed by atoms with van der Waals surface area (Å²) in [4.78, 5) is 17.1. The van der Waals surface area contributed by atoms with Gasteiger partial charge in [0.1, 0.15) is 17.3 Å². The van der Waals surface area contributed by atoms with Crippen LogP contribution in [0.15, 0.2) is 81.4 Å². The molecule has 0 bridgehead atoms. The number of hydrogen-bond acceptors (Lipinski definition) is 7. The van der Waals surface area contributed by atoms with Crippen molar-refractivity contribution < 1.29 is 22.4 Å². The highest BCUT2D eigenvalue weighted by molar-refractivity contribution is 7.90. The summed E-state index contributed by atoms with van der Waals surface area (Å²) in [6.45, 7) is 0. The van der Waals surface area contributed by atoms with Gasteiger partial charge in [-0.1, -0.05) is 18.2 Å². The third kappa shape index (κ3) is 4.84. The first-order chi connectivity index (χ1) is 14.9. The maximum atomic E-state index is 12.5. The molecule has 0 saturated carbocycles. The van der Waals surface area contributed by atoms with Crippen LogP contribution >= 0.6 is 11.3 Å². The molecule has 158 valence electrons. The van der Waals surface area contributed by atoms with Crippen LogP contribution < -0.4 is 10.1 Å². The number of nitrogens with one attached hydrogen (secondary N) is 1. The smallest absolute Gasteiger partial charge is 0.293 e. The van der Waals surface area contributed by atoms with Gasteiger partial charge in [0.25, 0.3) is 5.91 Å². The molecule has 2 heterocycles. The predicted molar refractivity (Wildman–Crippen MR) is 118 cm³/mol. The molecule has 7 nitrogen and oxygen atoms in total. The van der Waals surface area contributed by atoms with Gasteiger partial charge in [-0.05, 0) is 48.5 Å². The minimum Gasteiger partial charge on any atom is -0.497 e. The van der Waals surface area contributed by atoms with Crippen LogP contribution in [0.4, 0.5) is 5.13 Å².